The number of fused-ring (bicyclic) bond motifs is 2. The standard InChI is InChI=1S/C30H21N7O7S/c31-17-4-1-16-11-26(45(42,43)44)27(28(39)21(16)12-17)37-36-20-7-9-23-24(14-20)33-29(32-23)15-2-5-18(6-3-15)34-35-19-8-10-25(38)22(13-19)30(40)41/h1-14,38-39H,31H2,(H,32,33)(H,40,41)(H,42,43,44). The van der Waals surface area contributed by atoms with Crippen molar-refractivity contribution in [2.45, 2.75) is 4.90 Å². The molecule has 0 aliphatic carbocycles. The van der Waals surface area contributed by atoms with E-state index in [0.29, 0.717) is 39.3 Å². The summed E-state index contributed by atoms with van der Waals surface area (Å²) in [6.07, 6.45) is 0. The SMILES string of the molecule is Nc1ccc2cc(S(=O)(=O)O)c(N=Nc3ccc4nc(-c5ccc(N=Nc6ccc(O)c(C(=O)O)c6)cc5)[nH]c4c3)c(O)c2c1. The maximum atomic E-state index is 12.1. The smallest absolute Gasteiger partial charge is 0.339 e. The van der Waals surface area contributed by atoms with Crippen molar-refractivity contribution < 1.29 is 33.1 Å². The number of aromatic carboxylic acids is 1. The highest BCUT2D eigenvalue weighted by molar-refractivity contribution is 7.86. The number of phenolic OH excluding ortho intramolecular Hbond substituents is 1. The molecule has 0 aliphatic rings. The Labute approximate surface area is 253 Å². The lowest BCUT2D eigenvalue weighted by Gasteiger charge is -2.09. The molecule has 1 heterocycles. The van der Waals surface area contributed by atoms with Gasteiger partial charge in [-0.15, -0.1) is 5.11 Å². The molecule has 5 aromatic carbocycles. The first-order valence-corrected chi connectivity index (χ1v) is 14.4. The van der Waals surface area contributed by atoms with E-state index in [1.54, 1.807) is 42.5 Å². The van der Waals surface area contributed by atoms with Gasteiger partial charge in [-0.2, -0.15) is 23.8 Å². The van der Waals surface area contributed by atoms with Crippen LogP contribution in [0.15, 0.2) is 110 Å². The van der Waals surface area contributed by atoms with Crippen LogP contribution < -0.4 is 5.73 Å². The van der Waals surface area contributed by atoms with E-state index in [4.69, 9.17) is 10.8 Å². The fraction of sp³-hybridized carbons (Fsp3) is 0. The van der Waals surface area contributed by atoms with Gasteiger partial charge in [-0.25, -0.2) is 9.78 Å². The number of hydrogen-bond acceptors (Lipinski definition) is 11. The molecule has 0 saturated carbocycles. The van der Waals surface area contributed by atoms with Gasteiger partial charge in [0.25, 0.3) is 10.1 Å². The quantitative estimate of drug-likeness (QED) is 0.0600. The van der Waals surface area contributed by atoms with Gasteiger partial charge in [0.2, 0.25) is 0 Å². The summed E-state index contributed by atoms with van der Waals surface area (Å²) in [5.74, 6) is -1.62. The van der Waals surface area contributed by atoms with Crippen LogP contribution in [0.5, 0.6) is 11.5 Å². The number of rotatable bonds is 7. The van der Waals surface area contributed by atoms with E-state index in [1.165, 1.54) is 42.5 Å². The zero-order valence-electron chi connectivity index (χ0n) is 22.8. The predicted molar refractivity (Wildman–Crippen MR) is 165 cm³/mol. The Kier molecular flexibility index (Phi) is 7.16. The summed E-state index contributed by atoms with van der Waals surface area (Å²) in [6, 6.07) is 21.4. The topological polar surface area (TPSA) is 236 Å². The lowest BCUT2D eigenvalue weighted by Crippen LogP contribution is -1.99. The largest absolute Gasteiger partial charge is 0.507 e. The third-order valence-electron chi connectivity index (χ3n) is 6.72. The van der Waals surface area contributed by atoms with E-state index in [0.717, 1.165) is 5.56 Å². The first-order valence-electron chi connectivity index (χ1n) is 13.0. The van der Waals surface area contributed by atoms with E-state index in [-0.39, 0.29) is 22.4 Å². The zero-order chi connectivity index (χ0) is 31.9. The fourth-order valence-corrected chi connectivity index (χ4v) is 5.17. The molecule has 0 amide bonds. The maximum absolute atomic E-state index is 12.1. The van der Waals surface area contributed by atoms with E-state index >= 15 is 0 Å². The number of carboxylic acids is 1. The highest BCUT2D eigenvalue weighted by Crippen LogP contribution is 2.42. The number of phenols is 2. The number of carboxylic acid groups (broad SMARTS) is 1. The van der Waals surface area contributed by atoms with Gasteiger partial charge in [0.1, 0.15) is 27.7 Å². The zero-order valence-corrected chi connectivity index (χ0v) is 23.6. The predicted octanol–water partition coefficient (Wildman–Crippen LogP) is 7.15. The van der Waals surface area contributed by atoms with Crippen LogP contribution in [0.2, 0.25) is 0 Å². The number of hydrogen-bond donors (Lipinski definition) is 6. The Morgan fingerprint density at radius 2 is 1.47 bits per heavy atom. The van der Waals surface area contributed by atoms with Crippen LogP contribution in [-0.4, -0.2) is 44.2 Å². The molecule has 0 radical (unpaired) electrons. The van der Waals surface area contributed by atoms with Crippen LogP contribution in [0.4, 0.5) is 28.4 Å². The van der Waals surface area contributed by atoms with Crippen molar-refractivity contribution in [1.82, 2.24) is 9.97 Å². The minimum absolute atomic E-state index is 0.241. The first-order chi connectivity index (χ1) is 21.5. The molecule has 14 nitrogen and oxygen atoms in total. The highest BCUT2D eigenvalue weighted by atomic mass is 32.2. The number of imidazole rings is 1. The van der Waals surface area contributed by atoms with E-state index in [2.05, 4.69) is 30.4 Å². The molecule has 0 unspecified atom stereocenters. The van der Waals surface area contributed by atoms with Gasteiger partial charge in [-0.1, -0.05) is 6.07 Å². The second-order valence-electron chi connectivity index (χ2n) is 9.77. The molecule has 224 valence electrons. The van der Waals surface area contributed by atoms with Crippen molar-refractivity contribution >= 4 is 66.3 Å². The number of benzene rings is 5. The van der Waals surface area contributed by atoms with Crippen molar-refractivity contribution in [3.8, 4) is 22.9 Å². The summed E-state index contributed by atoms with van der Waals surface area (Å²) in [5.41, 5.74) is 8.42. The van der Waals surface area contributed by atoms with Crippen LogP contribution in [-0.2, 0) is 10.1 Å². The normalized spacial score (nSPS) is 12.1. The molecular weight excluding hydrogens is 602 g/mol. The third kappa shape index (κ3) is 5.88. The number of nitrogen functional groups attached to an aromatic ring is 1. The molecule has 1 aromatic heterocycles. The Balaban J connectivity index is 1.26. The molecule has 0 saturated heterocycles. The number of aromatic nitrogens is 2. The van der Waals surface area contributed by atoms with Crippen molar-refractivity contribution in [2.75, 3.05) is 5.73 Å². The average molecular weight is 624 g/mol. The third-order valence-corrected chi connectivity index (χ3v) is 7.58. The molecule has 6 aromatic rings. The van der Waals surface area contributed by atoms with Crippen LogP contribution >= 0.6 is 0 Å². The van der Waals surface area contributed by atoms with Gasteiger partial charge >= 0.3 is 5.97 Å². The second-order valence-corrected chi connectivity index (χ2v) is 11.2. The van der Waals surface area contributed by atoms with Gasteiger partial charge in [-0.3, -0.25) is 4.55 Å². The molecule has 0 spiro atoms. The average Bonchev–Trinajstić information content (AvgIpc) is 3.43. The van der Waals surface area contributed by atoms with Crippen LogP contribution in [0, 0.1) is 0 Å². The van der Waals surface area contributed by atoms with Crippen molar-refractivity contribution in [1.29, 1.82) is 0 Å². The van der Waals surface area contributed by atoms with E-state index in [1.807, 2.05) is 0 Å². The monoisotopic (exact) mass is 623 g/mol. The maximum Gasteiger partial charge on any atom is 0.339 e. The van der Waals surface area contributed by atoms with Crippen molar-refractivity contribution in [3.63, 3.8) is 0 Å². The number of carbonyl (C=O) groups is 1. The number of nitrogens with two attached hydrogens (primary N) is 1. The van der Waals surface area contributed by atoms with Crippen molar-refractivity contribution in [2.24, 2.45) is 20.5 Å². The number of nitrogens with one attached hydrogen (secondary N) is 1. The Morgan fingerprint density at radius 1 is 0.800 bits per heavy atom. The van der Waals surface area contributed by atoms with Crippen molar-refractivity contribution in [3.05, 3.63) is 90.5 Å². The molecule has 45 heavy (non-hydrogen) atoms. The van der Waals surface area contributed by atoms with E-state index < -0.39 is 32.4 Å². The number of aromatic hydroxyl groups is 2. The van der Waals surface area contributed by atoms with Gasteiger partial charge < -0.3 is 26.0 Å². The minimum atomic E-state index is -4.76. The summed E-state index contributed by atoms with van der Waals surface area (Å²) in [5, 5.41) is 46.4. The van der Waals surface area contributed by atoms with Gasteiger partial charge in [0, 0.05) is 16.6 Å². The number of aromatic amines is 1. The molecule has 0 fully saturated rings. The Bertz CT molecular complexity index is 2320. The molecular formula is C30H21N7O7S. The number of nitrogens with zero attached hydrogens (tertiary/aromatic N) is 5. The first kappa shape index (κ1) is 28.9. The molecule has 6 rings (SSSR count). The lowest BCUT2D eigenvalue weighted by atomic mass is 10.1. The van der Waals surface area contributed by atoms with Gasteiger partial charge in [0.15, 0.2) is 5.75 Å². The van der Waals surface area contributed by atoms with E-state index in [9.17, 15) is 28.0 Å². The molecule has 7 N–H and O–H groups in total. The summed E-state index contributed by atoms with van der Waals surface area (Å²) < 4.78 is 33.9. The highest BCUT2D eigenvalue weighted by Gasteiger charge is 2.22. The van der Waals surface area contributed by atoms with Gasteiger partial charge in [0.05, 0.1) is 28.1 Å². The minimum Gasteiger partial charge on any atom is -0.507 e. The van der Waals surface area contributed by atoms with Crippen LogP contribution in [0.1, 0.15) is 10.4 Å². The summed E-state index contributed by atoms with van der Waals surface area (Å²) >= 11 is 0. The number of azo groups is 2. The summed E-state index contributed by atoms with van der Waals surface area (Å²) in [4.78, 5) is 18.4. The molecule has 0 aliphatic heterocycles. The number of H-pyrrole nitrogens is 1. The summed E-state index contributed by atoms with van der Waals surface area (Å²) in [7, 11) is -4.76. The molecule has 0 bridgehead atoms. The lowest BCUT2D eigenvalue weighted by molar-refractivity contribution is 0.0693. The van der Waals surface area contributed by atoms with Crippen LogP contribution in [0.25, 0.3) is 33.2 Å². The number of anilines is 1. The molecule has 15 heteroatoms. The summed E-state index contributed by atoms with van der Waals surface area (Å²) in [6.45, 7) is 0. The van der Waals surface area contributed by atoms with Gasteiger partial charge in [-0.05, 0) is 84.2 Å². The fourth-order valence-electron chi connectivity index (χ4n) is 4.52. The molecule has 0 atom stereocenters. The second kappa shape index (κ2) is 11.1. The van der Waals surface area contributed by atoms with Crippen LogP contribution in [0.3, 0.4) is 0 Å². The Morgan fingerprint density at radius 3 is 2.20 bits per heavy atom. The Hall–Kier alpha value is -6.19.